The highest BCUT2D eigenvalue weighted by molar-refractivity contribution is 6.40. The largest absolute Gasteiger partial charge is 0.495 e. The topological polar surface area (TPSA) is 84.0 Å². The molecule has 8 nitrogen and oxygen atoms in total. The molecule has 1 saturated heterocycles. The molecule has 1 aromatic carbocycles. The molecular weight excluding hydrogens is 384 g/mol. The van der Waals surface area contributed by atoms with Crippen LogP contribution in [0.2, 0.25) is 5.02 Å². The third-order valence-corrected chi connectivity index (χ3v) is 4.75. The molecule has 0 atom stereocenters. The van der Waals surface area contributed by atoms with E-state index in [0.29, 0.717) is 48.4 Å². The van der Waals surface area contributed by atoms with Crippen LogP contribution < -0.4 is 19.7 Å². The molecule has 0 saturated carbocycles. The number of hydrogen-bond acceptors (Lipinski definition) is 6. The van der Waals surface area contributed by atoms with Crippen LogP contribution in [0.15, 0.2) is 36.5 Å². The molecule has 0 aliphatic carbocycles. The lowest BCUT2D eigenvalue weighted by atomic mass is 10.2. The Labute approximate surface area is 168 Å². The molecule has 3 rings (SSSR count). The Morgan fingerprint density at radius 2 is 1.79 bits per heavy atom. The molecule has 0 spiro atoms. The van der Waals surface area contributed by atoms with Crippen LogP contribution in [-0.4, -0.2) is 62.1 Å². The Hall–Kier alpha value is -3.00. The first-order chi connectivity index (χ1) is 13.5. The molecule has 1 aromatic heterocycles. The van der Waals surface area contributed by atoms with Gasteiger partial charge in [-0.2, -0.15) is 0 Å². The fraction of sp³-hybridized carbons (Fsp3) is 0.316. The first kappa shape index (κ1) is 19.8. The van der Waals surface area contributed by atoms with E-state index in [1.54, 1.807) is 6.20 Å². The Bertz CT molecular complexity index is 855. The van der Waals surface area contributed by atoms with Gasteiger partial charge in [-0.25, -0.2) is 4.98 Å². The number of nitrogens with zero attached hydrogens (tertiary/aromatic N) is 3. The zero-order chi connectivity index (χ0) is 20.1. The molecule has 1 aliphatic rings. The minimum Gasteiger partial charge on any atom is -0.495 e. The van der Waals surface area contributed by atoms with Crippen molar-refractivity contribution < 1.29 is 19.1 Å². The number of halogens is 1. The van der Waals surface area contributed by atoms with E-state index < -0.39 is 11.8 Å². The van der Waals surface area contributed by atoms with E-state index in [1.807, 2.05) is 18.2 Å². The van der Waals surface area contributed by atoms with Crippen LogP contribution in [0.3, 0.4) is 0 Å². The van der Waals surface area contributed by atoms with Gasteiger partial charge in [-0.1, -0.05) is 17.7 Å². The van der Waals surface area contributed by atoms with Crippen molar-refractivity contribution in [1.29, 1.82) is 0 Å². The van der Waals surface area contributed by atoms with E-state index in [2.05, 4.69) is 15.2 Å². The first-order valence-electron chi connectivity index (χ1n) is 8.71. The molecule has 1 aliphatic heterocycles. The highest BCUT2D eigenvalue weighted by atomic mass is 35.5. The predicted molar refractivity (Wildman–Crippen MR) is 106 cm³/mol. The molecule has 148 valence electrons. The summed E-state index contributed by atoms with van der Waals surface area (Å²) >= 11 is 6.06. The van der Waals surface area contributed by atoms with Gasteiger partial charge in [-0.15, -0.1) is 0 Å². The maximum absolute atomic E-state index is 12.5. The van der Waals surface area contributed by atoms with Crippen molar-refractivity contribution in [2.75, 3.05) is 50.6 Å². The lowest BCUT2D eigenvalue weighted by molar-refractivity contribution is -0.143. The molecule has 1 fully saturated rings. The number of nitrogens with one attached hydrogen (secondary N) is 1. The van der Waals surface area contributed by atoms with Gasteiger partial charge in [0.2, 0.25) is 0 Å². The molecule has 2 aromatic rings. The second-order valence-corrected chi connectivity index (χ2v) is 6.52. The summed E-state index contributed by atoms with van der Waals surface area (Å²) in [6, 6.07) is 8.73. The number of aromatic nitrogens is 1. The normalized spacial score (nSPS) is 13.8. The summed E-state index contributed by atoms with van der Waals surface area (Å²) < 4.78 is 10.4. The van der Waals surface area contributed by atoms with Crippen molar-refractivity contribution in [3.05, 3.63) is 41.6 Å². The number of methoxy groups -OCH3 is 2. The van der Waals surface area contributed by atoms with Crippen LogP contribution in [0, 0.1) is 0 Å². The predicted octanol–water partition coefficient (Wildman–Crippen LogP) is 2.04. The SMILES string of the molecule is COc1cc(NC(=O)C(=O)N2CCN(c3ccccn3)CC2)c(OC)cc1Cl. The fourth-order valence-corrected chi connectivity index (χ4v) is 3.19. The Balaban J connectivity index is 1.63. The van der Waals surface area contributed by atoms with Gasteiger partial charge in [0.1, 0.15) is 17.3 Å². The molecule has 9 heteroatoms. The maximum Gasteiger partial charge on any atom is 0.314 e. The third-order valence-electron chi connectivity index (χ3n) is 4.46. The first-order valence-corrected chi connectivity index (χ1v) is 9.09. The van der Waals surface area contributed by atoms with Crippen LogP contribution in [-0.2, 0) is 9.59 Å². The van der Waals surface area contributed by atoms with Crippen molar-refractivity contribution in [2.24, 2.45) is 0 Å². The number of ether oxygens (including phenoxy) is 2. The van der Waals surface area contributed by atoms with Gasteiger partial charge in [0.25, 0.3) is 0 Å². The number of carbonyl (C=O) groups is 2. The van der Waals surface area contributed by atoms with Crippen molar-refractivity contribution in [3.63, 3.8) is 0 Å². The van der Waals surface area contributed by atoms with Gasteiger partial charge in [0.05, 0.1) is 24.9 Å². The average Bonchev–Trinajstić information content (AvgIpc) is 2.74. The van der Waals surface area contributed by atoms with E-state index in [-0.39, 0.29) is 0 Å². The number of hydrogen-bond donors (Lipinski definition) is 1. The summed E-state index contributed by atoms with van der Waals surface area (Å²) in [5, 5.41) is 2.93. The number of benzene rings is 1. The number of carbonyl (C=O) groups excluding carboxylic acids is 2. The Morgan fingerprint density at radius 3 is 2.39 bits per heavy atom. The number of pyridine rings is 1. The number of amides is 2. The minimum absolute atomic E-state index is 0.314. The second kappa shape index (κ2) is 8.79. The summed E-state index contributed by atoms with van der Waals surface area (Å²) in [7, 11) is 2.91. The Kier molecular flexibility index (Phi) is 6.20. The van der Waals surface area contributed by atoms with Gasteiger partial charge in [-0.3, -0.25) is 9.59 Å². The van der Waals surface area contributed by atoms with Crippen LogP contribution >= 0.6 is 11.6 Å². The summed E-state index contributed by atoms with van der Waals surface area (Å²) in [5.74, 6) is 0.226. The van der Waals surface area contributed by atoms with Crippen LogP contribution in [0.5, 0.6) is 11.5 Å². The summed E-state index contributed by atoms with van der Waals surface area (Å²) in [4.78, 5) is 32.9. The van der Waals surface area contributed by atoms with Crippen LogP contribution in [0.25, 0.3) is 0 Å². The van der Waals surface area contributed by atoms with Crippen LogP contribution in [0.1, 0.15) is 0 Å². The zero-order valence-electron chi connectivity index (χ0n) is 15.6. The van der Waals surface area contributed by atoms with Gasteiger partial charge >= 0.3 is 11.8 Å². The van der Waals surface area contributed by atoms with E-state index >= 15 is 0 Å². The fourth-order valence-electron chi connectivity index (χ4n) is 2.96. The molecule has 2 amide bonds. The molecule has 0 bridgehead atoms. The summed E-state index contributed by atoms with van der Waals surface area (Å²) in [5.41, 5.74) is 0.314. The quantitative estimate of drug-likeness (QED) is 0.785. The van der Waals surface area contributed by atoms with Crippen LogP contribution in [0.4, 0.5) is 11.5 Å². The van der Waals surface area contributed by atoms with Crippen molar-refractivity contribution in [2.45, 2.75) is 0 Å². The monoisotopic (exact) mass is 404 g/mol. The van der Waals surface area contributed by atoms with E-state index in [4.69, 9.17) is 21.1 Å². The molecule has 0 unspecified atom stereocenters. The van der Waals surface area contributed by atoms with E-state index in [1.165, 1.54) is 31.3 Å². The Morgan fingerprint density at radius 1 is 1.07 bits per heavy atom. The molecule has 1 N–H and O–H groups in total. The second-order valence-electron chi connectivity index (χ2n) is 6.11. The van der Waals surface area contributed by atoms with E-state index in [9.17, 15) is 9.59 Å². The lowest BCUT2D eigenvalue weighted by Crippen LogP contribution is -2.51. The van der Waals surface area contributed by atoms with Gasteiger partial charge in [0.15, 0.2) is 0 Å². The van der Waals surface area contributed by atoms with Gasteiger partial charge in [-0.05, 0) is 12.1 Å². The standard InChI is InChI=1S/C19H21ClN4O4/c1-27-15-12-14(16(28-2)11-13(15)20)22-18(25)19(26)24-9-7-23(8-10-24)17-5-3-4-6-21-17/h3-6,11-12H,7-10H2,1-2H3,(H,22,25). The number of rotatable bonds is 4. The number of anilines is 2. The molecule has 28 heavy (non-hydrogen) atoms. The molecular formula is C19H21ClN4O4. The smallest absolute Gasteiger partial charge is 0.314 e. The zero-order valence-corrected chi connectivity index (χ0v) is 16.4. The highest BCUT2D eigenvalue weighted by Crippen LogP contribution is 2.35. The summed E-state index contributed by atoms with van der Waals surface area (Å²) in [6.45, 7) is 2.08. The van der Waals surface area contributed by atoms with Gasteiger partial charge < -0.3 is 24.6 Å². The van der Waals surface area contributed by atoms with Crippen molar-refractivity contribution >= 4 is 34.9 Å². The van der Waals surface area contributed by atoms with Crippen molar-refractivity contribution in [1.82, 2.24) is 9.88 Å². The average molecular weight is 405 g/mol. The molecule has 0 radical (unpaired) electrons. The maximum atomic E-state index is 12.5. The molecule has 2 heterocycles. The summed E-state index contributed by atoms with van der Waals surface area (Å²) in [6.07, 6.45) is 1.73. The number of piperazine rings is 1. The highest BCUT2D eigenvalue weighted by Gasteiger charge is 2.27. The minimum atomic E-state index is -0.742. The van der Waals surface area contributed by atoms with E-state index in [0.717, 1.165) is 5.82 Å². The lowest BCUT2D eigenvalue weighted by Gasteiger charge is -2.35. The third kappa shape index (κ3) is 4.28. The van der Waals surface area contributed by atoms with Crippen molar-refractivity contribution in [3.8, 4) is 11.5 Å². The van der Waals surface area contributed by atoms with Gasteiger partial charge in [0, 0.05) is 44.5 Å².